The highest BCUT2D eigenvalue weighted by Gasteiger charge is 2.23. The first-order valence-electron chi connectivity index (χ1n) is 6.95. The first kappa shape index (κ1) is 16.0. The van der Waals surface area contributed by atoms with E-state index in [1.807, 2.05) is 38.1 Å². The van der Waals surface area contributed by atoms with Crippen molar-refractivity contribution in [2.24, 2.45) is 5.73 Å². The van der Waals surface area contributed by atoms with E-state index in [2.05, 4.69) is 15.9 Å². The second kappa shape index (κ2) is 7.05. The van der Waals surface area contributed by atoms with Crippen molar-refractivity contribution in [2.75, 3.05) is 0 Å². The summed E-state index contributed by atoms with van der Waals surface area (Å²) >= 11 is 3.24. The molecule has 0 amide bonds. The van der Waals surface area contributed by atoms with Crippen LogP contribution in [-0.2, 0) is 0 Å². The Kier molecular flexibility index (Phi) is 5.37. The molecule has 0 saturated heterocycles. The average molecular weight is 352 g/mol. The molecular weight excluding hydrogens is 333 g/mol. The fraction of sp³-hybridized carbons (Fsp3) is 0.294. The third kappa shape index (κ3) is 3.83. The number of nitrogens with two attached hydrogens (primary N) is 1. The van der Waals surface area contributed by atoms with Crippen LogP contribution in [0.2, 0.25) is 0 Å². The molecule has 0 radical (unpaired) electrons. The number of rotatable bonds is 5. The Hall–Kier alpha value is -1.39. The van der Waals surface area contributed by atoms with Crippen LogP contribution in [0.25, 0.3) is 0 Å². The maximum atomic E-state index is 14.0. The monoisotopic (exact) mass is 351 g/mol. The fourth-order valence-electron chi connectivity index (χ4n) is 2.21. The molecule has 0 aromatic heterocycles. The molecule has 0 fully saturated rings. The number of hydrogen-bond acceptors (Lipinski definition) is 2. The molecule has 0 aliphatic heterocycles. The molecular formula is C17H19BrFNO. The van der Waals surface area contributed by atoms with Gasteiger partial charge in [-0.05, 0) is 42.7 Å². The van der Waals surface area contributed by atoms with Crippen LogP contribution >= 0.6 is 15.9 Å². The van der Waals surface area contributed by atoms with Crippen molar-refractivity contribution in [2.45, 2.75) is 32.4 Å². The molecule has 0 spiro atoms. The normalized spacial score (nSPS) is 13.8. The lowest BCUT2D eigenvalue weighted by atomic mass is 9.97. The van der Waals surface area contributed by atoms with Gasteiger partial charge in [0.1, 0.15) is 6.10 Å². The van der Waals surface area contributed by atoms with E-state index >= 15 is 0 Å². The minimum Gasteiger partial charge on any atom is -0.481 e. The summed E-state index contributed by atoms with van der Waals surface area (Å²) in [4.78, 5) is 0. The van der Waals surface area contributed by atoms with Crippen LogP contribution in [0, 0.1) is 12.7 Å². The van der Waals surface area contributed by atoms with Crippen molar-refractivity contribution >= 4 is 15.9 Å². The molecule has 0 aliphatic carbocycles. The molecule has 4 heteroatoms. The van der Waals surface area contributed by atoms with Crippen LogP contribution in [0.3, 0.4) is 0 Å². The third-order valence-corrected chi connectivity index (χ3v) is 4.00. The van der Waals surface area contributed by atoms with Gasteiger partial charge in [-0.1, -0.05) is 47.1 Å². The van der Waals surface area contributed by atoms with Gasteiger partial charge in [0.05, 0.1) is 0 Å². The van der Waals surface area contributed by atoms with Crippen molar-refractivity contribution in [1.29, 1.82) is 0 Å². The van der Waals surface area contributed by atoms with Crippen LogP contribution in [-0.4, -0.2) is 6.04 Å². The lowest BCUT2D eigenvalue weighted by Gasteiger charge is -2.26. The summed E-state index contributed by atoms with van der Waals surface area (Å²) in [5, 5.41) is 0. The molecule has 2 nitrogen and oxygen atoms in total. The molecule has 0 bridgehead atoms. The average Bonchev–Trinajstić information content (AvgIpc) is 2.47. The van der Waals surface area contributed by atoms with Crippen molar-refractivity contribution in [1.82, 2.24) is 0 Å². The van der Waals surface area contributed by atoms with Gasteiger partial charge in [0.15, 0.2) is 11.6 Å². The number of benzene rings is 2. The number of aryl methyl sites for hydroxylation is 1. The topological polar surface area (TPSA) is 35.2 Å². The van der Waals surface area contributed by atoms with E-state index < -0.39 is 5.82 Å². The van der Waals surface area contributed by atoms with Crippen LogP contribution in [0.15, 0.2) is 46.9 Å². The van der Waals surface area contributed by atoms with E-state index in [0.717, 1.165) is 17.5 Å². The molecule has 0 saturated carbocycles. The van der Waals surface area contributed by atoms with Crippen molar-refractivity contribution in [3.63, 3.8) is 0 Å². The van der Waals surface area contributed by atoms with E-state index in [0.29, 0.717) is 4.47 Å². The second-order valence-electron chi connectivity index (χ2n) is 5.04. The molecule has 2 rings (SSSR count). The Balaban J connectivity index is 2.35. The summed E-state index contributed by atoms with van der Waals surface area (Å²) in [5.41, 5.74) is 8.27. The highest BCUT2D eigenvalue weighted by atomic mass is 79.9. The first-order valence-corrected chi connectivity index (χ1v) is 7.75. The van der Waals surface area contributed by atoms with Gasteiger partial charge in [0.25, 0.3) is 0 Å². The fourth-order valence-corrected chi connectivity index (χ4v) is 2.54. The molecule has 2 unspecified atom stereocenters. The lowest BCUT2D eigenvalue weighted by Crippen LogP contribution is -2.32. The number of halogens is 2. The largest absolute Gasteiger partial charge is 0.481 e. The van der Waals surface area contributed by atoms with E-state index in [1.54, 1.807) is 12.1 Å². The van der Waals surface area contributed by atoms with E-state index in [1.165, 1.54) is 6.07 Å². The van der Waals surface area contributed by atoms with Gasteiger partial charge in [0.2, 0.25) is 0 Å². The van der Waals surface area contributed by atoms with Crippen LogP contribution in [0.1, 0.15) is 30.6 Å². The number of hydrogen-bond donors (Lipinski definition) is 1. The Labute approximate surface area is 133 Å². The van der Waals surface area contributed by atoms with Crippen molar-refractivity contribution < 1.29 is 9.13 Å². The van der Waals surface area contributed by atoms with Crippen LogP contribution in [0.4, 0.5) is 4.39 Å². The van der Waals surface area contributed by atoms with Gasteiger partial charge in [-0.2, -0.15) is 0 Å². The zero-order valence-electron chi connectivity index (χ0n) is 12.1. The minimum absolute atomic E-state index is 0.200. The molecule has 112 valence electrons. The quantitative estimate of drug-likeness (QED) is 0.843. The Morgan fingerprint density at radius 2 is 1.95 bits per heavy atom. The maximum absolute atomic E-state index is 14.0. The van der Waals surface area contributed by atoms with Crippen molar-refractivity contribution in [3.8, 4) is 5.75 Å². The summed E-state index contributed by atoms with van der Waals surface area (Å²) < 4.78 is 20.6. The summed E-state index contributed by atoms with van der Waals surface area (Å²) in [6, 6.07) is 12.5. The summed E-state index contributed by atoms with van der Waals surface area (Å²) in [5.74, 6) is -0.179. The van der Waals surface area contributed by atoms with Crippen LogP contribution in [0.5, 0.6) is 5.75 Å². The predicted molar refractivity (Wildman–Crippen MR) is 86.9 cm³/mol. The summed E-state index contributed by atoms with van der Waals surface area (Å²) in [7, 11) is 0. The molecule has 2 aromatic carbocycles. The van der Waals surface area contributed by atoms with Crippen molar-refractivity contribution in [3.05, 3.63) is 63.9 Å². The molecule has 21 heavy (non-hydrogen) atoms. The summed E-state index contributed by atoms with van der Waals surface area (Å²) in [6.07, 6.45) is 0.379. The highest BCUT2D eigenvalue weighted by molar-refractivity contribution is 9.10. The van der Waals surface area contributed by atoms with E-state index in [4.69, 9.17) is 10.5 Å². The lowest BCUT2D eigenvalue weighted by molar-refractivity contribution is 0.163. The van der Waals surface area contributed by atoms with Gasteiger partial charge in [0, 0.05) is 10.5 Å². The van der Waals surface area contributed by atoms with E-state index in [-0.39, 0.29) is 17.9 Å². The Morgan fingerprint density at radius 3 is 2.57 bits per heavy atom. The zero-order valence-corrected chi connectivity index (χ0v) is 13.7. The molecule has 0 aliphatic rings. The third-order valence-electron chi connectivity index (χ3n) is 3.50. The van der Waals surface area contributed by atoms with Gasteiger partial charge >= 0.3 is 0 Å². The number of ether oxygens (including phenoxy) is 1. The molecule has 2 atom stereocenters. The smallest absolute Gasteiger partial charge is 0.166 e. The molecule has 2 aromatic rings. The van der Waals surface area contributed by atoms with E-state index in [9.17, 15) is 4.39 Å². The molecule has 2 N–H and O–H groups in total. The predicted octanol–water partition coefficient (Wildman–Crippen LogP) is 4.75. The van der Waals surface area contributed by atoms with Gasteiger partial charge in [-0.3, -0.25) is 0 Å². The Morgan fingerprint density at radius 1 is 1.24 bits per heavy atom. The highest BCUT2D eigenvalue weighted by Crippen LogP contribution is 2.30. The minimum atomic E-state index is -0.397. The van der Waals surface area contributed by atoms with Gasteiger partial charge in [-0.25, -0.2) is 4.39 Å². The summed E-state index contributed by atoms with van der Waals surface area (Å²) in [6.45, 7) is 4.00. The van der Waals surface area contributed by atoms with Gasteiger partial charge < -0.3 is 10.5 Å². The first-order chi connectivity index (χ1) is 10.0. The maximum Gasteiger partial charge on any atom is 0.166 e. The zero-order chi connectivity index (χ0) is 15.4. The standard InChI is InChI=1S/C17H19BrFNO/c1-3-15(20)17(13-7-5-4-6-11(13)2)21-16-9-8-12(18)10-14(16)19/h4-10,15,17H,3,20H2,1-2H3. The Bertz CT molecular complexity index is 617. The molecule has 0 heterocycles. The van der Waals surface area contributed by atoms with Gasteiger partial charge in [-0.15, -0.1) is 0 Å². The van der Waals surface area contributed by atoms with Crippen LogP contribution < -0.4 is 10.5 Å². The second-order valence-corrected chi connectivity index (χ2v) is 5.96. The SMILES string of the molecule is CCC(N)C(Oc1ccc(Br)cc1F)c1ccccc1C.